The van der Waals surface area contributed by atoms with Gasteiger partial charge >= 0.3 is 5.69 Å². The Kier molecular flexibility index (Phi) is 6.32. The van der Waals surface area contributed by atoms with Crippen molar-refractivity contribution in [1.29, 1.82) is 0 Å². The molecule has 146 valence electrons. The van der Waals surface area contributed by atoms with E-state index in [-0.39, 0.29) is 24.0 Å². The van der Waals surface area contributed by atoms with Crippen molar-refractivity contribution in [2.24, 2.45) is 0 Å². The van der Waals surface area contributed by atoms with Crippen LogP contribution in [0.15, 0.2) is 66.7 Å². The van der Waals surface area contributed by atoms with E-state index in [2.05, 4.69) is 10.3 Å². The highest BCUT2D eigenvalue weighted by Crippen LogP contribution is 2.29. The summed E-state index contributed by atoms with van der Waals surface area (Å²) in [6, 6.07) is 19.4. The van der Waals surface area contributed by atoms with E-state index in [0.717, 1.165) is 11.1 Å². The zero-order chi connectivity index (χ0) is 20.6. The number of ether oxygens (including phenoxy) is 1. The van der Waals surface area contributed by atoms with Gasteiger partial charge in [0, 0.05) is 13.0 Å². The lowest BCUT2D eigenvalue weighted by Crippen LogP contribution is -2.07. The number of benzene rings is 2. The Balaban J connectivity index is 1.80. The lowest BCUT2D eigenvalue weighted by atomic mass is 10.1. The molecule has 7 heteroatoms. The van der Waals surface area contributed by atoms with Gasteiger partial charge in [-0.25, -0.2) is 4.98 Å². The van der Waals surface area contributed by atoms with Crippen LogP contribution in [0, 0.1) is 10.1 Å². The first-order valence-electron chi connectivity index (χ1n) is 8.89. The molecule has 0 radical (unpaired) electrons. The van der Waals surface area contributed by atoms with Crippen molar-refractivity contribution in [3.05, 3.63) is 93.7 Å². The summed E-state index contributed by atoms with van der Waals surface area (Å²) in [6.45, 7) is 1.65. The number of amides is 1. The molecule has 1 aromatic heterocycles. The molecule has 3 rings (SSSR count). The maximum Gasteiger partial charge on any atom is 0.310 e. The summed E-state index contributed by atoms with van der Waals surface area (Å²) in [5.41, 5.74) is 2.19. The van der Waals surface area contributed by atoms with E-state index in [9.17, 15) is 14.9 Å². The zero-order valence-corrected chi connectivity index (χ0v) is 15.7. The molecule has 0 aliphatic carbocycles. The number of rotatable bonds is 7. The van der Waals surface area contributed by atoms with Gasteiger partial charge in [0.2, 0.25) is 5.91 Å². The van der Waals surface area contributed by atoms with Gasteiger partial charge in [-0.05, 0) is 41.5 Å². The standard InChI is InChI=1S/C22H19N3O4/c1-16(26)23-22-9-5-8-19(24-22)12-10-17-11-13-20(25(27)28)21(14-17)29-15-18-6-3-2-4-7-18/h2-14H,15H2,1H3,(H,23,24,26). The third-order valence-corrected chi connectivity index (χ3v) is 3.94. The molecule has 1 heterocycles. The van der Waals surface area contributed by atoms with Crippen molar-refractivity contribution in [3.63, 3.8) is 0 Å². The quantitative estimate of drug-likeness (QED) is 0.467. The Morgan fingerprint density at radius 1 is 1.10 bits per heavy atom. The van der Waals surface area contributed by atoms with Crippen LogP contribution < -0.4 is 10.1 Å². The van der Waals surface area contributed by atoms with Gasteiger partial charge in [0.25, 0.3) is 0 Å². The Morgan fingerprint density at radius 3 is 2.62 bits per heavy atom. The molecule has 0 bridgehead atoms. The summed E-state index contributed by atoms with van der Waals surface area (Å²) in [5, 5.41) is 13.9. The summed E-state index contributed by atoms with van der Waals surface area (Å²) in [5.74, 6) is 0.449. The van der Waals surface area contributed by atoms with Gasteiger partial charge in [-0.1, -0.05) is 42.5 Å². The third kappa shape index (κ3) is 5.74. The van der Waals surface area contributed by atoms with E-state index < -0.39 is 4.92 Å². The molecule has 1 N–H and O–H groups in total. The molecule has 1 amide bonds. The highest BCUT2D eigenvalue weighted by atomic mass is 16.6. The van der Waals surface area contributed by atoms with Crippen LogP contribution in [-0.4, -0.2) is 15.8 Å². The van der Waals surface area contributed by atoms with Crippen LogP contribution in [-0.2, 0) is 11.4 Å². The van der Waals surface area contributed by atoms with E-state index >= 15 is 0 Å². The second-order valence-electron chi connectivity index (χ2n) is 6.22. The predicted octanol–water partition coefficient (Wildman–Crippen LogP) is 4.70. The fraction of sp³-hybridized carbons (Fsp3) is 0.0909. The van der Waals surface area contributed by atoms with Crippen molar-refractivity contribution in [2.45, 2.75) is 13.5 Å². The summed E-state index contributed by atoms with van der Waals surface area (Å²) < 4.78 is 5.70. The maximum atomic E-state index is 11.3. The van der Waals surface area contributed by atoms with Crippen molar-refractivity contribution in [1.82, 2.24) is 4.98 Å². The van der Waals surface area contributed by atoms with Crippen LogP contribution in [0.5, 0.6) is 5.75 Å². The molecular weight excluding hydrogens is 370 g/mol. The molecule has 0 fully saturated rings. The highest BCUT2D eigenvalue weighted by molar-refractivity contribution is 5.87. The summed E-state index contributed by atoms with van der Waals surface area (Å²) >= 11 is 0. The number of nitrogens with one attached hydrogen (secondary N) is 1. The summed E-state index contributed by atoms with van der Waals surface area (Å²) in [7, 11) is 0. The van der Waals surface area contributed by atoms with E-state index in [4.69, 9.17) is 4.74 Å². The molecule has 0 aliphatic heterocycles. The van der Waals surface area contributed by atoms with Gasteiger partial charge in [-0.15, -0.1) is 0 Å². The molecule has 0 atom stereocenters. The summed E-state index contributed by atoms with van der Waals surface area (Å²) in [4.78, 5) is 26.3. The van der Waals surface area contributed by atoms with Crippen LogP contribution in [0.3, 0.4) is 0 Å². The Hall–Kier alpha value is -4.00. The van der Waals surface area contributed by atoms with Crippen LogP contribution >= 0.6 is 0 Å². The fourth-order valence-electron chi connectivity index (χ4n) is 2.61. The van der Waals surface area contributed by atoms with Gasteiger partial charge in [0.05, 0.1) is 10.6 Å². The van der Waals surface area contributed by atoms with Gasteiger partial charge in [0.15, 0.2) is 5.75 Å². The lowest BCUT2D eigenvalue weighted by Gasteiger charge is -2.08. The van der Waals surface area contributed by atoms with Crippen molar-refractivity contribution in [2.75, 3.05) is 5.32 Å². The minimum atomic E-state index is -0.466. The minimum Gasteiger partial charge on any atom is -0.482 e. The molecule has 0 spiro atoms. The van der Waals surface area contributed by atoms with Crippen LogP contribution in [0.1, 0.15) is 23.7 Å². The predicted molar refractivity (Wildman–Crippen MR) is 111 cm³/mol. The number of anilines is 1. The fourth-order valence-corrected chi connectivity index (χ4v) is 2.61. The van der Waals surface area contributed by atoms with E-state index in [1.54, 1.807) is 42.5 Å². The van der Waals surface area contributed by atoms with Crippen LogP contribution in [0.4, 0.5) is 11.5 Å². The number of aromatic nitrogens is 1. The average molecular weight is 389 g/mol. The maximum absolute atomic E-state index is 11.3. The normalized spacial score (nSPS) is 10.7. The monoisotopic (exact) mass is 389 g/mol. The van der Waals surface area contributed by atoms with Crippen molar-refractivity contribution >= 4 is 29.6 Å². The first-order valence-corrected chi connectivity index (χ1v) is 8.89. The largest absolute Gasteiger partial charge is 0.482 e. The first-order chi connectivity index (χ1) is 14.0. The average Bonchev–Trinajstić information content (AvgIpc) is 2.71. The molecule has 7 nitrogen and oxygen atoms in total. The molecule has 0 saturated heterocycles. The smallest absolute Gasteiger partial charge is 0.310 e. The van der Waals surface area contributed by atoms with Gasteiger partial charge in [0.1, 0.15) is 12.4 Å². The number of nitro groups is 1. The SMILES string of the molecule is CC(=O)Nc1cccc(C=Cc2ccc([N+](=O)[O-])c(OCc3ccccc3)c2)n1. The van der Waals surface area contributed by atoms with Crippen LogP contribution in [0.25, 0.3) is 12.2 Å². The topological polar surface area (TPSA) is 94.4 Å². The second-order valence-corrected chi connectivity index (χ2v) is 6.22. The van der Waals surface area contributed by atoms with E-state index in [1.807, 2.05) is 30.3 Å². The third-order valence-electron chi connectivity index (χ3n) is 3.94. The number of pyridine rings is 1. The highest BCUT2D eigenvalue weighted by Gasteiger charge is 2.15. The lowest BCUT2D eigenvalue weighted by molar-refractivity contribution is -0.385. The number of carbonyl (C=O) groups is 1. The molecule has 0 unspecified atom stereocenters. The van der Waals surface area contributed by atoms with Gasteiger partial charge in [-0.2, -0.15) is 0 Å². The van der Waals surface area contributed by atoms with E-state index in [0.29, 0.717) is 11.5 Å². The van der Waals surface area contributed by atoms with Gasteiger partial charge in [-0.3, -0.25) is 14.9 Å². The molecule has 29 heavy (non-hydrogen) atoms. The van der Waals surface area contributed by atoms with E-state index in [1.165, 1.54) is 13.0 Å². The Labute approximate surface area is 167 Å². The number of carbonyl (C=O) groups excluding carboxylic acids is 1. The van der Waals surface area contributed by atoms with Crippen LogP contribution in [0.2, 0.25) is 0 Å². The molecule has 0 saturated carbocycles. The van der Waals surface area contributed by atoms with Crippen molar-refractivity contribution < 1.29 is 14.5 Å². The summed E-state index contributed by atoms with van der Waals surface area (Å²) in [6.07, 6.45) is 3.53. The number of hydrogen-bond acceptors (Lipinski definition) is 5. The second kappa shape index (κ2) is 9.27. The molecule has 3 aromatic rings. The number of nitro benzene ring substituents is 1. The minimum absolute atomic E-state index is 0.0936. The van der Waals surface area contributed by atoms with Crippen molar-refractivity contribution in [3.8, 4) is 5.75 Å². The van der Waals surface area contributed by atoms with Gasteiger partial charge < -0.3 is 10.1 Å². The molecular formula is C22H19N3O4. The molecule has 0 aliphatic rings. The first kappa shape index (κ1) is 19.8. The Morgan fingerprint density at radius 2 is 1.90 bits per heavy atom. The number of nitrogens with zero attached hydrogens (tertiary/aromatic N) is 2. The Bertz CT molecular complexity index is 1050. The molecule has 2 aromatic carbocycles. The zero-order valence-electron chi connectivity index (χ0n) is 15.7. The number of hydrogen-bond donors (Lipinski definition) is 1.